The van der Waals surface area contributed by atoms with Gasteiger partial charge in [0.15, 0.2) is 0 Å². The molecule has 168 valence electrons. The van der Waals surface area contributed by atoms with Gasteiger partial charge in [-0.05, 0) is 19.4 Å². The van der Waals surface area contributed by atoms with Crippen molar-refractivity contribution in [1.82, 2.24) is 14.9 Å². The highest BCUT2D eigenvalue weighted by atomic mass is 16.5. The fraction of sp³-hybridized carbons (Fsp3) is 0.167. The zero-order chi connectivity index (χ0) is 23.5. The van der Waals surface area contributed by atoms with E-state index in [0.717, 1.165) is 11.1 Å². The normalized spacial score (nSPS) is 11.0. The number of aromatic nitrogens is 3. The van der Waals surface area contributed by atoms with Gasteiger partial charge in [-0.3, -0.25) is 14.9 Å². The molecule has 2 aromatic heterocycles. The maximum Gasteiger partial charge on any atom is 0.254 e. The van der Waals surface area contributed by atoms with Crippen molar-refractivity contribution in [2.45, 2.75) is 26.3 Å². The summed E-state index contributed by atoms with van der Waals surface area (Å²) in [5.74, 6) is -0.376. The van der Waals surface area contributed by atoms with Crippen molar-refractivity contribution in [3.05, 3.63) is 71.8 Å². The highest BCUT2D eigenvalue weighted by Gasteiger charge is 2.22. The number of nitrogens with one attached hydrogen (secondary N) is 1. The quantitative estimate of drug-likeness (QED) is 0.397. The van der Waals surface area contributed by atoms with Gasteiger partial charge in [-0.25, -0.2) is 4.68 Å². The summed E-state index contributed by atoms with van der Waals surface area (Å²) in [6.45, 7) is 3.83. The number of rotatable bonds is 7. The monoisotopic (exact) mass is 444 g/mol. The molecule has 9 heteroatoms. The number of hydrogen-bond donors (Lipinski definition) is 3. The van der Waals surface area contributed by atoms with E-state index in [-0.39, 0.29) is 35.6 Å². The van der Waals surface area contributed by atoms with Gasteiger partial charge in [0.2, 0.25) is 11.8 Å². The van der Waals surface area contributed by atoms with Crippen molar-refractivity contribution in [3.8, 4) is 22.5 Å². The largest absolute Gasteiger partial charge is 0.383 e. The third-order valence-corrected chi connectivity index (χ3v) is 5.12. The Morgan fingerprint density at radius 2 is 1.76 bits per heavy atom. The molecule has 2 heterocycles. The van der Waals surface area contributed by atoms with Crippen molar-refractivity contribution in [2.24, 2.45) is 5.73 Å². The Kier molecular flexibility index (Phi) is 5.95. The van der Waals surface area contributed by atoms with Crippen molar-refractivity contribution in [2.75, 3.05) is 11.1 Å². The maximum atomic E-state index is 12.5. The number of nitrogens with two attached hydrogens (primary N) is 2. The predicted octanol–water partition coefficient (Wildman–Crippen LogP) is 3.65. The maximum absolute atomic E-state index is 12.5. The smallest absolute Gasteiger partial charge is 0.254 e. The third-order valence-electron chi connectivity index (χ3n) is 5.12. The van der Waals surface area contributed by atoms with E-state index < -0.39 is 5.91 Å². The lowest BCUT2D eigenvalue weighted by Crippen LogP contribution is -2.15. The van der Waals surface area contributed by atoms with Crippen molar-refractivity contribution in [3.63, 3.8) is 0 Å². The molecule has 0 radical (unpaired) electrons. The van der Waals surface area contributed by atoms with Gasteiger partial charge in [-0.15, -0.1) is 0 Å². The number of anilines is 2. The Morgan fingerprint density at radius 1 is 1.06 bits per heavy atom. The van der Waals surface area contributed by atoms with Crippen LogP contribution < -0.4 is 16.8 Å². The number of carbonyl (C=O) groups is 2. The van der Waals surface area contributed by atoms with Gasteiger partial charge >= 0.3 is 0 Å². The summed E-state index contributed by atoms with van der Waals surface area (Å²) in [6, 6.07) is 18.3. The zero-order valence-electron chi connectivity index (χ0n) is 18.3. The minimum absolute atomic E-state index is 0.0293. The number of nitrogen functional groups attached to an aromatic ring is 1. The molecule has 0 unspecified atom stereocenters. The van der Waals surface area contributed by atoms with Crippen LogP contribution in [0.2, 0.25) is 0 Å². The fourth-order valence-corrected chi connectivity index (χ4v) is 3.51. The number of amides is 2. The van der Waals surface area contributed by atoms with Gasteiger partial charge in [-0.1, -0.05) is 59.8 Å². The summed E-state index contributed by atoms with van der Waals surface area (Å²) in [6.07, 6.45) is 0.132. The van der Waals surface area contributed by atoms with Crippen LogP contribution in [-0.2, 0) is 11.2 Å². The van der Waals surface area contributed by atoms with Gasteiger partial charge in [0.1, 0.15) is 22.8 Å². The Morgan fingerprint density at radius 3 is 2.39 bits per heavy atom. The minimum atomic E-state index is -0.639. The summed E-state index contributed by atoms with van der Waals surface area (Å²) in [7, 11) is 0. The Balaban J connectivity index is 1.46. The van der Waals surface area contributed by atoms with Crippen LogP contribution in [0.4, 0.5) is 11.7 Å². The molecule has 0 atom stereocenters. The number of hydrogen-bond acceptors (Lipinski definition) is 6. The molecular weight excluding hydrogens is 420 g/mol. The molecule has 2 aromatic carbocycles. The fourth-order valence-electron chi connectivity index (χ4n) is 3.51. The van der Waals surface area contributed by atoms with E-state index in [1.165, 1.54) is 0 Å². The zero-order valence-corrected chi connectivity index (χ0v) is 18.3. The SMILES string of the molecule is CC(C)n1nc(-c2ccc(CC(=O)Nc3cc(-c4ccccc4)no3)cc2)c(C(N)=O)c1N. The highest BCUT2D eigenvalue weighted by Crippen LogP contribution is 2.29. The standard InChI is InChI=1S/C24H24N6O3/c1-14(2)30-23(25)21(24(26)32)22(28-30)17-10-8-15(9-11-17)12-19(31)27-20-13-18(29-33-20)16-6-4-3-5-7-16/h3-11,13-14H,12,25H2,1-2H3,(H2,26,32)(H,27,31). The van der Waals surface area contributed by atoms with E-state index in [4.69, 9.17) is 16.0 Å². The lowest BCUT2D eigenvalue weighted by molar-refractivity contribution is -0.115. The predicted molar refractivity (Wildman–Crippen MR) is 125 cm³/mol. The minimum Gasteiger partial charge on any atom is -0.383 e. The van der Waals surface area contributed by atoms with Crippen molar-refractivity contribution < 1.29 is 14.1 Å². The van der Waals surface area contributed by atoms with Gasteiger partial charge in [0.05, 0.1) is 6.42 Å². The number of benzene rings is 2. The van der Waals surface area contributed by atoms with Gasteiger partial charge in [-0.2, -0.15) is 5.10 Å². The second kappa shape index (κ2) is 8.99. The summed E-state index contributed by atoms with van der Waals surface area (Å²) >= 11 is 0. The Labute approximate surface area is 190 Å². The van der Waals surface area contributed by atoms with Crippen LogP contribution in [0.15, 0.2) is 65.2 Å². The average molecular weight is 444 g/mol. The lowest BCUT2D eigenvalue weighted by Gasteiger charge is -2.07. The Hall–Kier alpha value is -4.40. The number of carbonyl (C=O) groups excluding carboxylic acids is 2. The van der Waals surface area contributed by atoms with Gasteiger partial charge in [0.25, 0.3) is 5.91 Å². The molecule has 0 spiro atoms. The van der Waals surface area contributed by atoms with E-state index in [9.17, 15) is 9.59 Å². The highest BCUT2D eigenvalue weighted by molar-refractivity contribution is 6.03. The van der Waals surface area contributed by atoms with Crippen molar-refractivity contribution in [1.29, 1.82) is 0 Å². The topological polar surface area (TPSA) is 142 Å². The first-order chi connectivity index (χ1) is 15.8. The third kappa shape index (κ3) is 4.62. The molecule has 0 aliphatic heterocycles. The Bertz CT molecular complexity index is 1290. The number of primary amides is 1. The van der Waals surface area contributed by atoms with E-state index in [1.54, 1.807) is 35.0 Å². The molecule has 0 fully saturated rings. The van der Waals surface area contributed by atoms with E-state index >= 15 is 0 Å². The molecule has 0 aliphatic carbocycles. The molecule has 9 nitrogen and oxygen atoms in total. The molecular formula is C24H24N6O3. The van der Waals surface area contributed by atoms with E-state index in [0.29, 0.717) is 17.0 Å². The molecule has 2 amide bonds. The molecule has 0 aliphatic rings. The van der Waals surface area contributed by atoms with Gasteiger partial charge < -0.3 is 16.0 Å². The first-order valence-corrected chi connectivity index (χ1v) is 10.4. The summed E-state index contributed by atoms with van der Waals surface area (Å²) in [5.41, 5.74) is 15.2. The summed E-state index contributed by atoms with van der Waals surface area (Å²) in [5, 5.41) is 11.2. The van der Waals surface area contributed by atoms with Crippen molar-refractivity contribution >= 4 is 23.5 Å². The second-order valence-corrected chi connectivity index (χ2v) is 7.88. The first kappa shape index (κ1) is 21.8. The molecule has 33 heavy (non-hydrogen) atoms. The second-order valence-electron chi connectivity index (χ2n) is 7.88. The molecule has 4 rings (SSSR count). The summed E-state index contributed by atoms with van der Waals surface area (Å²) in [4.78, 5) is 24.4. The van der Waals surface area contributed by atoms with E-state index in [2.05, 4.69) is 15.6 Å². The van der Waals surface area contributed by atoms with Crippen LogP contribution in [0.1, 0.15) is 35.8 Å². The molecule has 0 saturated carbocycles. The molecule has 0 bridgehead atoms. The van der Waals surface area contributed by atoms with Crippen LogP contribution in [-0.4, -0.2) is 26.8 Å². The molecule has 0 saturated heterocycles. The van der Waals surface area contributed by atoms with Crippen LogP contribution >= 0.6 is 0 Å². The van der Waals surface area contributed by atoms with Gasteiger partial charge in [0, 0.05) is 23.2 Å². The molecule has 4 aromatic rings. The van der Waals surface area contributed by atoms with Crippen LogP contribution in [0.5, 0.6) is 0 Å². The van der Waals surface area contributed by atoms with Crippen LogP contribution in [0, 0.1) is 0 Å². The first-order valence-electron chi connectivity index (χ1n) is 10.4. The molecule has 5 N–H and O–H groups in total. The van der Waals surface area contributed by atoms with Crippen LogP contribution in [0.25, 0.3) is 22.5 Å². The van der Waals surface area contributed by atoms with E-state index in [1.807, 2.05) is 44.2 Å². The lowest BCUT2D eigenvalue weighted by atomic mass is 10.0. The average Bonchev–Trinajstić information content (AvgIpc) is 3.39. The summed E-state index contributed by atoms with van der Waals surface area (Å²) < 4.78 is 6.79. The van der Waals surface area contributed by atoms with Crippen LogP contribution in [0.3, 0.4) is 0 Å². The number of nitrogens with zero attached hydrogens (tertiary/aromatic N) is 3.